The van der Waals surface area contributed by atoms with Gasteiger partial charge in [-0.05, 0) is 37.1 Å². The molecule has 2 rings (SSSR count). The molecule has 1 aliphatic rings. The Balaban J connectivity index is 0.00000364. The largest absolute Gasteiger partial charge is 0.469 e. The summed E-state index contributed by atoms with van der Waals surface area (Å²) in [4.78, 5) is 18.2. The van der Waals surface area contributed by atoms with Crippen molar-refractivity contribution in [1.82, 2.24) is 15.5 Å². The van der Waals surface area contributed by atoms with E-state index in [0.29, 0.717) is 19.0 Å². The van der Waals surface area contributed by atoms with E-state index in [1.165, 1.54) is 50.6 Å². The van der Waals surface area contributed by atoms with Crippen LogP contribution in [-0.2, 0) is 22.6 Å². The Labute approximate surface area is 180 Å². The number of methoxy groups -OCH3 is 1. The molecular weight excluding hydrogens is 455 g/mol. The highest BCUT2D eigenvalue weighted by molar-refractivity contribution is 14.0. The molecule has 0 spiro atoms. The maximum absolute atomic E-state index is 11.4. The van der Waals surface area contributed by atoms with Crippen LogP contribution in [0.2, 0.25) is 0 Å². The molecule has 1 saturated heterocycles. The van der Waals surface area contributed by atoms with Crippen molar-refractivity contribution in [3.05, 3.63) is 35.4 Å². The van der Waals surface area contributed by atoms with Crippen molar-refractivity contribution < 1.29 is 9.53 Å². The summed E-state index contributed by atoms with van der Waals surface area (Å²) < 4.78 is 4.73. The Kier molecular flexibility index (Phi) is 11.3. The van der Waals surface area contributed by atoms with Crippen molar-refractivity contribution in [1.29, 1.82) is 0 Å². The number of aliphatic imine (C=N–C) groups is 1. The standard InChI is InChI=1S/C20H32N4O2.HI/c1-16(19(25)26-3)13-22-20(21-2)23-14-17-7-9-18(10-8-17)15-24-11-5-4-6-12-24;/h7-10,16H,4-6,11-15H2,1-3H3,(H2,21,22,23);1H. The number of nitrogens with zero attached hydrogens (tertiary/aromatic N) is 2. The average Bonchev–Trinajstić information content (AvgIpc) is 2.69. The van der Waals surface area contributed by atoms with Crippen molar-refractivity contribution >= 4 is 35.9 Å². The number of ether oxygens (including phenoxy) is 1. The first-order valence-corrected chi connectivity index (χ1v) is 9.45. The predicted molar refractivity (Wildman–Crippen MR) is 120 cm³/mol. The van der Waals surface area contributed by atoms with E-state index >= 15 is 0 Å². The molecule has 2 N–H and O–H groups in total. The zero-order valence-corrected chi connectivity index (χ0v) is 19.0. The van der Waals surface area contributed by atoms with Gasteiger partial charge in [0.1, 0.15) is 0 Å². The predicted octanol–water partition coefficient (Wildman–Crippen LogP) is 2.76. The minimum atomic E-state index is -0.225. The van der Waals surface area contributed by atoms with Gasteiger partial charge in [0.25, 0.3) is 0 Å². The Morgan fingerprint density at radius 1 is 1.15 bits per heavy atom. The van der Waals surface area contributed by atoms with E-state index in [1.807, 2.05) is 6.92 Å². The minimum absolute atomic E-state index is 0. The topological polar surface area (TPSA) is 66.0 Å². The molecule has 6 nitrogen and oxygen atoms in total. The van der Waals surface area contributed by atoms with Crippen LogP contribution in [-0.4, -0.2) is 50.6 Å². The lowest BCUT2D eigenvalue weighted by Gasteiger charge is -2.26. The maximum Gasteiger partial charge on any atom is 0.310 e. The van der Waals surface area contributed by atoms with Crippen molar-refractivity contribution in [3.8, 4) is 0 Å². The highest BCUT2D eigenvalue weighted by Crippen LogP contribution is 2.13. The smallest absolute Gasteiger partial charge is 0.310 e. The van der Waals surface area contributed by atoms with E-state index in [2.05, 4.69) is 44.8 Å². The molecule has 0 amide bonds. The molecule has 0 bridgehead atoms. The summed E-state index contributed by atoms with van der Waals surface area (Å²) >= 11 is 0. The highest BCUT2D eigenvalue weighted by Gasteiger charge is 2.13. The Morgan fingerprint density at radius 2 is 1.78 bits per heavy atom. The molecule has 0 saturated carbocycles. The summed E-state index contributed by atoms with van der Waals surface area (Å²) in [6, 6.07) is 8.75. The van der Waals surface area contributed by atoms with Gasteiger partial charge in [0.05, 0.1) is 13.0 Å². The van der Waals surface area contributed by atoms with Crippen LogP contribution >= 0.6 is 24.0 Å². The zero-order chi connectivity index (χ0) is 18.8. The molecule has 1 heterocycles. The second-order valence-electron chi connectivity index (χ2n) is 6.88. The molecule has 1 aromatic rings. The molecule has 0 radical (unpaired) electrons. The molecule has 0 aromatic heterocycles. The van der Waals surface area contributed by atoms with Gasteiger partial charge in [-0.25, -0.2) is 0 Å². The molecule has 7 heteroatoms. The van der Waals surface area contributed by atoms with Gasteiger partial charge in [-0.2, -0.15) is 0 Å². The van der Waals surface area contributed by atoms with Gasteiger partial charge >= 0.3 is 5.97 Å². The number of guanidine groups is 1. The van der Waals surface area contributed by atoms with Crippen molar-refractivity contribution in [2.75, 3.05) is 33.8 Å². The van der Waals surface area contributed by atoms with Crippen LogP contribution in [0.3, 0.4) is 0 Å². The number of piperidine rings is 1. The first-order valence-electron chi connectivity index (χ1n) is 9.45. The van der Waals surface area contributed by atoms with Crippen LogP contribution in [0.25, 0.3) is 0 Å². The monoisotopic (exact) mass is 488 g/mol. The second kappa shape index (κ2) is 12.9. The minimum Gasteiger partial charge on any atom is -0.469 e. The molecule has 1 fully saturated rings. The number of halogens is 1. The van der Waals surface area contributed by atoms with Gasteiger partial charge in [0, 0.05) is 26.7 Å². The lowest BCUT2D eigenvalue weighted by Crippen LogP contribution is -2.40. The number of rotatable bonds is 7. The van der Waals surface area contributed by atoms with Gasteiger partial charge in [-0.15, -0.1) is 24.0 Å². The van der Waals surface area contributed by atoms with E-state index in [4.69, 9.17) is 4.74 Å². The van der Waals surface area contributed by atoms with Gasteiger partial charge in [0.2, 0.25) is 0 Å². The second-order valence-corrected chi connectivity index (χ2v) is 6.88. The third kappa shape index (κ3) is 8.47. The summed E-state index contributed by atoms with van der Waals surface area (Å²) in [5, 5.41) is 6.43. The maximum atomic E-state index is 11.4. The SMILES string of the molecule is CN=C(NCc1ccc(CN2CCCCC2)cc1)NCC(C)C(=O)OC.I. The van der Waals surface area contributed by atoms with Crippen molar-refractivity contribution in [2.24, 2.45) is 10.9 Å². The quantitative estimate of drug-likeness (QED) is 0.268. The molecule has 27 heavy (non-hydrogen) atoms. The molecule has 1 unspecified atom stereocenters. The normalized spacial score (nSPS) is 16.2. The number of benzene rings is 1. The van der Waals surface area contributed by atoms with Crippen LogP contribution in [0, 0.1) is 5.92 Å². The van der Waals surface area contributed by atoms with Crippen molar-refractivity contribution in [2.45, 2.75) is 39.3 Å². The number of carbonyl (C=O) groups is 1. The van der Waals surface area contributed by atoms with Crippen LogP contribution in [0.4, 0.5) is 0 Å². The number of hydrogen-bond acceptors (Lipinski definition) is 4. The fourth-order valence-corrected chi connectivity index (χ4v) is 3.08. The molecular formula is C20H33IN4O2. The van der Waals surface area contributed by atoms with E-state index in [9.17, 15) is 4.79 Å². The van der Waals surface area contributed by atoms with E-state index < -0.39 is 0 Å². The average molecular weight is 488 g/mol. The summed E-state index contributed by atoms with van der Waals surface area (Å²) in [6.07, 6.45) is 4.01. The summed E-state index contributed by atoms with van der Waals surface area (Å²) in [5.41, 5.74) is 2.57. The molecule has 1 aromatic carbocycles. The summed E-state index contributed by atoms with van der Waals surface area (Å²) in [6.45, 7) is 6.48. The number of likely N-dealkylation sites (tertiary alicyclic amines) is 1. The van der Waals surface area contributed by atoms with Crippen LogP contribution in [0.1, 0.15) is 37.3 Å². The number of esters is 1. The van der Waals surface area contributed by atoms with Gasteiger partial charge < -0.3 is 15.4 Å². The van der Waals surface area contributed by atoms with Gasteiger partial charge in [-0.1, -0.05) is 37.6 Å². The van der Waals surface area contributed by atoms with Crippen LogP contribution in [0.15, 0.2) is 29.3 Å². The van der Waals surface area contributed by atoms with E-state index in [1.54, 1.807) is 7.05 Å². The Bertz CT molecular complexity index is 586. The van der Waals surface area contributed by atoms with Gasteiger partial charge in [0.15, 0.2) is 5.96 Å². The molecule has 152 valence electrons. The molecule has 0 aliphatic carbocycles. The third-order valence-corrected chi connectivity index (χ3v) is 4.74. The summed E-state index contributed by atoms with van der Waals surface area (Å²) in [5.74, 6) is 0.239. The lowest BCUT2D eigenvalue weighted by molar-refractivity contribution is -0.144. The van der Waals surface area contributed by atoms with E-state index in [0.717, 1.165) is 6.54 Å². The zero-order valence-electron chi connectivity index (χ0n) is 16.7. The van der Waals surface area contributed by atoms with E-state index in [-0.39, 0.29) is 35.9 Å². The highest BCUT2D eigenvalue weighted by atomic mass is 127. The van der Waals surface area contributed by atoms with Crippen LogP contribution in [0.5, 0.6) is 0 Å². The molecule has 1 atom stereocenters. The van der Waals surface area contributed by atoms with Gasteiger partial charge in [-0.3, -0.25) is 14.7 Å². The van der Waals surface area contributed by atoms with Crippen molar-refractivity contribution in [3.63, 3.8) is 0 Å². The lowest BCUT2D eigenvalue weighted by atomic mass is 10.1. The number of carbonyl (C=O) groups excluding carboxylic acids is 1. The van der Waals surface area contributed by atoms with Crippen LogP contribution < -0.4 is 10.6 Å². The Hall–Kier alpha value is -1.35. The first-order chi connectivity index (χ1) is 12.6. The molecule has 1 aliphatic heterocycles. The fraction of sp³-hybridized carbons (Fsp3) is 0.600. The summed E-state index contributed by atoms with van der Waals surface area (Å²) in [7, 11) is 3.13. The third-order valence-electron chi connectivity index (χ3n) is 4.74. The number of hydrogen-bond donors (Lipinski definition) is 2. The Morgan fingerprint density at radius 3 is 2.37 bits per heavy atom. The number of nitrogens with one attached hydrogen (secondary N) is 2. The first kappa shape index (κ1) is 23.7. The fourth-order valence-electron chi connectivity index (χ4n) is 3.08.